The molecule has 356 valence electrons. The maximum atomic E-state index is 15.2. The average Bonchev–Trinajstić information content (AvgIpc) is 3.75. The Morgan fingerprint density at radius 3 is 1.87 bits per heavy atom. The fourth-order valence-corrected chi connectivity index (χ4v) is 10.2. The first kappa shape index (κ1) is 52.1. The number of hydrogen-bond acceptors (Lipinski definition) is 15. The van der Waals surface area contributed by atoms with E-state index >= 15 is 4.57 Å². The van der Waals surface area contributed by atoms with E-state index in [2.05, 4.69) is 87.8 Å². The molecule has 2 aliphatic heterocycles. The van der Waals surface area contributed by atoms with Crippen molar-refractivity contribution in [2.75, 3.05) is 26.9 Å². The molecule has 2 fully saturated rings. The zero-order valence-corrected chi connectivity index (χ0v) is 41.8. The van der Waals surface area contributed by atoms with Gasteiger partial charge in [0.05, 0.1) is 26.4 Å². The van der Waals surface area contributed by atoms with Gasteiger partial charge in [-0.1, -0.05) is 41.5 Å². The SMILES string of the molecule is COC(=O)C(N)CCCN=C(N)NP(=O)(OC[C@H]1O[C@@H](n2cc(C)c(=O)[nH]c2=O)C[C@@H]1O[Si](C)(C)C(C)(C)C)O[C@H]1C[C@H](n2cc(C)c(=O)[nH]c2=O)O[C@@H]1CO[Si](C)(C)C(C)(C)C. The van der Waals surface area contributed by atoms with Crippen LogP contribution in [0, 0.1) is 13.8 Å². The van der Waals surface area contributed by atoms with Crippen LogP contribution in [0.4, 0.5) is 0 Å². The fourth-order valence-electron chi connectivity index (χ4n) is 6.33. The molecular weight excluding hydrogens is 876 g/mol. The quantitative estimate of drug-likeness (QED) is 0.0358. The van der Waals surface area contributed by atoms with Crippen molar-refractivity contribution in [1.29, 1.82) is 0 Å². The normalized spacial score (nSPS) is 24.0. The van der Waals surface area contributed by atoms with Gasteiger partial charge in [0.1, 0.15) is 36.8 Å². The van der Waals surface area contributed by atoms with Gasteiger partial charge in [-0.3, -0.25) is 52.6 Å². The summed E-state index contributed by atoms with van der Waals surface area (Å²) in [7, 11) is -8.23. The molecule has 8 atom stereocenters. The van der Waals surface area contributed by atoms with Crippen LogP contribution >= 0.6 is 7.75 Å². The monoisotopic (exact) mass is 944 g/mol. The number of H-pyrrole nitrogens is 2. The average molecular weight is 945 g/mol. The summed E-state index contributed by atoms with van der Waals surface area (Å²) in [5, 5.41) is 2.25. The number of aliphatic imine (C=N–C) groups is 1. The molecule has 0 spiro atoms. The molecule has 0 bridgehead atoms. The molecule has 2 unspecified atom stereocenters. The van der Waals surface area contributed by atoms with Crippen molar-refractivity contribution in [3.05, 3.63) is 65.2 Å². The smallest absolute Gasteiger partial charge is 0.435 e. The fraction of sp³-hybridized carbons (Fsp3) is 0.744. The predicted octanol–water partition coefficient (Wildman–Crippen LogP) is 3.39. The molecule has 2 aromatic rings. The Morgan fingerprint density at radius 1 is 0.889 bits per heavy atom. The number of nitrogens with two attached hydrogens (primary N) is 2. The molecule has 63 heavy (non-hydrogen) atoms. The van der Waals surface area contributed by atoms with Crippen LogP contribution in [0.5, 0.6) is 0 Å². The van der Waals surface area contributed by atoms with E-state index in [4.69, 9.17) is 43.6 Å². The van der Waals surface area contributed by atoms with Crippen molar-refractivity contribution >= 4 is 36.3 Å². The number of aromatic nitrogens is 4. The number of aryl methyl sites for hydroxylation is 2. The first-order chi connectivity index (χ1) is 29.0. The van der Waals surface area contributed by atoms with E-state index in [-0.39, 0.29) is 60.6 Å². The lowest BCUT2D eigenvalue weighted by molar-refractivity contribution is -0.142. The molecule has 2 saturated heterocycles. The van der Waals surface area contributed by atoms with Crippen LogP contribution in [0.3, 0.4) is 0 Å². The molecule has 2 aromatic heterocycles. The molecule has 2 aliphatic rings. The number of ether oxygens (including phenoxy) is 3. The van der Waals surface area contributed by atoms with Crippen molar-refractivity contribution in [1.82, 2.24) is 24.2 Å². The number of carbonyl (C=O) groups is 1. The van der Waals surface area contributed by atoms with Crippen LogP contribution in [0.2, 0.25) is 36.3 Å². The second-order valence-electron chi connectivity index (χ2n) is 19.3. The Kier molecular flexibility index (Phi) is 16.8. The number of guanidine groups is 1. The van der Waals surface area contributed by atoms with Gasteiger partial charge in [-0.25, -0.2) is 14.2 Å². The van der Waals surface area contributed by atoms with E-state index in [0.717, 1.165) is 0 Å². The maximum absolute atomic E-state index is 15.2. The first-order valence-corrected chi connectivity index (χ1v) is 28.4. The summed E-state index contributed by atoms with van der Waals surface area (Å²) >= 11 is 0. The number of carbonyl (C=O) groups excluding carboxylic acids is 1. The maximum Gasteiger partial charge on any atom is 0.435 e. The summed E-state index contributed by atoms with van der Waals surface area (Å²) in [4.78, 5) is 71.3. The molecule has 21 nitrogen and oxygen atoms in total. The number of rotatable bonds is 18. The van der Waals surface area contributed by atoms with E-state index in [9.17, 15) is 24.0 Å². The van der Waals surface area contributed by atoms with Crippen LogP contribution in [0.25, 0.3) is 0 Å². The van der Waals surface area contributed by atoms with Gasteiger partial charge in [-0.05, 0) is 63.0 Å². The molecule has 0 aromatic carbocycles. The van der Waals surface area contributed by atoms with E-state index < -0.39 is 95.8 Å². The second kappa shape index (κ2) is 20.3. The Morgan fingerprint density at radius 2 is 1.38 bits per heavy atom. The largest absolute Gasteiger partial charge is 0.468 e. The standard InChI is InChI=1S/C39H69N8O13PSi2/c1-23-19-46(36(51)43-32(23)48)30-17-26(29(58-30)22-56-62(10,11)38(3,4)5)59-61(53,45-35(41)42-16-14-15-25(40)34(50)54-9)55-21-28-27(60-63(12,13)39(6,7)8)18-31(57-28)47-20-24(2)33(49)44-37(47)52/h19-20,25-31H,14-18,21-22,40H2,1-13H3,(H,43,48,51)(H,44,49,52)(H3,41,42,45,53)/t25?,26-,27-,28+,29+,30+,31+,61?/m0/s1. The van der Waals surface area contributed by atoms with Gasteiger partial charge in [0, 0.05) is 42.9 Å². The first-order valence-electron chi connectivity index (χ1n) is 21.1. The highest BCUT2D eigenvalue weighted by Gasteiger charge is 2.48. The molecule has 4 rings (SSSR count). The number of nitrogens with one attached hydrogen (secondary N) is 3. The Balaban J connectivity index is 1.71. The third-order valence-corrected chi connectivity index (χ3v) is 22.9. The molecule has 4 heterocycles. The minimum atomic E-state index is -4.59. The molecular formula is C39H69N8O13PSi2. The van der Waals surface area contributed by atoms with Crippen molar-refractivity contribution in [3.8, 4) is 0 Å². The topological polar surface area (TPSA) is 285 Å². The Bertz CT molecular complexity index is 2250. The number of nitrogens with zero attached hydrogens (tertiary/aromatic N) is 3. The number of methoxy groups -OCH3 is 1. The molecule has 0 aliphatic carbocycles. The van der Waals surface area contributed by atoms with Crippen molar-refractivity contribution < 1.29 is 41.5 Å². The van der Waals surface area contributed by atoms with Gasteiger partial charge in [0.2, 0.25) is 0 Å². The highest BCUT2D eigenvalue weighted by Crippen LogP contribution is 2.50. The van der Waals surface area contributed by atoms with Crippen LogP contribution < -0.4 is 39.1 Å². The van der Waals surface area contributed by atoms with Crippen LogP contribution in [0.15, 0.2) is 36.6 Å². The Hall–Kier alpha value is -3.52. The highest BCUT2D eigenvalue weighted by atomic mass is 31.2. The van der Waals surface area contributed by atoms with Gasteiger partial charge in [0.15, 0.2) is 22.6 Å². The lowest BCUT2D eigenvalue weighted by Gasteiger charge is -2.39. The van der Waals surface area contributed by atoms with Gasteiger partial charge in [-0.15, -0.1) is 0 Å². The number of hydrogen-bond donors (Lipinski definition) is 5. The van der Waals surface area contributed by atoms with Gasteiger partial charge in [0.25, 0.3) is 11.1 Å². The summed E-state index contributed by atoms with van der Waals surface area (Å²) in [5.74, 6) is -0.885. The van der Waals surface area contributed by atoms with Crippen molar-refractivity contribution in [3.63, 3.8) is 0 Å². The zero-order valence-electron chi connectivity index (χ0n) is 38.9. The third kappa shape index (κ3) is 13.3. The zero-order chi connectivity index (χ0) is 47.5. The second-order valence-corrected chi connectivity index (χ2v) is 30.5. The summed E-state index contributed by atoms with van der Waals surface area (Å²) in [5.41, 5.74) is 10.3. The lowest BCUT2D eigenvalue weighted by Crippen LogP contribution is -2.46. The van der Waals surface area contributed by atoms with E-state index in [0.29, 0.717) is 12.0 Å². The van der Waals surface area contributed by atoms with E-state index in [1.54, 1.807) is 13.8 Å². The van der Waals surface area contributed by atoms with E-state index in [1.165, 1.54) is 28.6 Å². The van der Waals surface area contributed by atoms with Gasteiger partial charge < -0.3 is 34.5 Å². The number of aromatic amines is 2. The van der Waals surface area contributed by atoms with Crippen LogP contribution in [-0.4, -0.2) is 105 Å². The summed E-state index contributed by atoms with van der Waals surface area (Å²) < 4.78 is 61.2. The molecule has 7 N–H and O–H groups in total. The molecule has 0 radical (unpaired) electrons. The van der Waals surface area contributed by atoms with Crippen LogP contribution in [-0.2, 0) is 41.5 Å². The van der Waals surface area contributed by atoms with Crippen molar-refractivity contribution in [2.24, 2.45) is 16.5 Å². The predicted molar refractivity (Wildman–Crippen MR) is 242 cm³/mol. The molecule has 24 heteroatoms. The van der Waals surface area contributed by atoms with Crippen molar-refractivity contribution in [2.45, 2.75) is 160 Å². The third-order valence-electron chi connectivity index (χ3n) is 12.3. The lowest BCUT2D eigenvalue weighted by atomic mass is 10.2. The van der Waals surface area contributed by atoms with Crippen LogP contribution in [0.1, 0.15) is 90.8 Å². The molecule has 0 saturated carbocycles. The summed E-state index contributed by atoms with van der Waals surface area (Å²) in [6, 6.07) is -0.871. The minimum absolute atomic E-state index is 0.00193. The van der Waals surface area contributed by atoms with Gasteiger partial charge >= 0.3 is 25.1 Å². The van der Waals surface area contributed by atoms with E-state index in [1.807, 2.05) is 0 Å². The summed E-state index contributed by atoms with van der Waals surface area (Å²) in [6.07, 6.45) is -1.81. The highest BCUT2D eigenvalue weighted by molar-refractivity contribution is 7.52. The molecule has 0 amide bonds. The van der Waals surface area contributed by atoms with Gasteiger partial charge in [-0.2, -0.15) is 0 Å². The number of esters is 1. The minimum Gasteiger partial charge on any atom is -0.468 e. The summed E-state index contributed by atoms with van der Waals surface area (Å²) in [6.45, 7) is 23.6. The Labute approximate surface area is 369 Å².